The van der Waals surface area contributed by atoms with E-state index < -0.39 is 17.9 Å². The van der Waals surface area contributed by atoms with Crippen LogP contribution >= 0.6 is 0 Å². The zero-order valence-corrected chi connectivity index (χ0v) is 13.0. The Morgan fingerprint density at radius 2 is 1.91 bits per heavy atom. The maximum Gasteiger partial charge on any atom is 0.330 e. The molecule has 2 N–H and O–H groups in total. The predicted octanol–water partition coefficient (Wildman–Crippen LogP) is 1.66. The van der Waals surface area contributed by atoms with Crippen LogP contribution in [0.4, 0.5) is 0 Å². The summed E-state index contributed by atoms with van der Waals surface area (Å²) in [5.41, 5.74) is 2.32. The Labute approximate surface area is 133 Å². The first-order valence-corrected chi connectivity index (χ1v) is 6.91. The summed E-state index contributed by atoms with van der Waals surface area (Å²) < 4.78 is 4.87. The molecule has 0 radical (unpaired) electrons. The lowest BCUT2D eigenvalue weighted by Crippen LogP contribution is -2.34. The van der Waals surface area contributed by atoms with Crippen molar-refractivity contribution < 1.29 is 19.4 Å². The molecule has 1 unspecified atom stereocenters. The fraction of sp³-hybridized carbons (Fsp3) is 0.250. The number of amides is 1. The monoisotopic (exact) mass is 315 g/mol. The van der Waals surface area contributed by atoms with Gasteiger partial charge in [-0.3, -0.25) is 4.79 Å². The van der Waals surface area contributed by atoms with Gasteiger partial charge in [0.05, 0.1) is 7.11 Å². The van der Waals surface area contributed by atoms with E-state index in [4.69, 9.17) is 4.74 Å². The first-order valence-electron chi connectivity index (χ1n) is 6.91. The minimum absolute atomic E-state index is 0.0161. The van der Waals surface area contributed by atoms with Gasteiger partial charge >= 0.3 is 5.97 Å². The smallest absolute Gasteiger partial charge is 0.330 e. The van der Waals surface area contributed by atoms with E-state index >= 15 is 0 Å². The van der Waals surface area contributed by atoms with Gasteiger partial charge < -0.3 is 15.2 Å². The van der Waals surface area contributed by atoms with Gasteiger partial charge in [-0.25, -0.2) is 4.79 Å². The number of nitrogens with one attached hydrogen (secondary N) is 1. The molecule has 1 amide bonds. The van der Waals surface area contributed by atoms with Gasteiger partial charge in [-0.1, -0.05) is 18.2 Å². The van der Waals surface area contributed by atoms with E-state index in [0.717, 1.165) is 11.1 Å². The number of rotatable bonds is 5. The van der Waals surface area contributed by atoms with Crippen molar-refractivity contribution in [2.45, 2.75) is 19.9 Å². The van der Waals surface area contributed by atoms with Crippen LogP contribution in [-0.4, -0.2) is 34.3 Å². The van der Waals surface area contributed by atoms with E-state index in [1.807, 2.05) is 19.9 Å². The van der Waals surface area contributed by atoms with Crippen LogP contribution in [0.5, 0.6) is 5.88 Å². The quantitative estimate of drug-likeness (QED) is 0.870. The van der Waals surface area contributed by atoms with Crippen molar-refractivity contribution in [2.24, 2.45) is 0 Å². The highest BCUT2D eigenvalue weighted by Crippen LogP contribution is 2.21. The zero-order chi connectivity index (χ0) is 17.0. The van der Waals surface area contributed by atoms with Crippen molar-refractivity contribution in [1.29, 1.82) is 0 Å². The van der Waals surface area contributed by atoms with Gasteiger partial charge in [-0.2, -0.15) is 0 Å². The van der Waals surface area contributed by atoms with Crippen LogP contribution in [0.25, 0.3) is 0 Å². The number of nitrogens with zero attached hydrogens (tertiary/aromatic N) is 2. The standard InChI is InChI=1S/C16H17N3O4/c1-9-5-4-6-11(10(9)2)14(16(21)22)17-15(20)12-7-8-13(23-3)19-18-12/h4-8,14H,1-3H3,(H,17,20)(H,21,22). The average molecular weight is 315 g/mol. The number of hydrogen-bond donors (Lipinski definition) is 2. The van der Waals surface area contributed by atoms with Crippen LogP contribution in [0.15, 0.2) is 30.3 Å². The van der Waals surface area contributed by atoms with Crippen LogP contribution in [0, 0.1) is 13.8 Å². The number of carbonyl (C=O) groups excluding carboxylic acids is 1. The number of benzene rings is 1. The number of methoxy groups -OCH3 is 1. The van der Waals surface area contributed by atoms with Crippen molar-refractivity contribution in [3.8, 4) is 5.88 Å². The molecule has 23 heavy (non-hydrogen) atoms. The first-order chi connectivity index (χ1) is 10.9. The van der Waals surface area contributed by atoms with E-state index in [0.29, 0.717) is 5.56 Å². The summed E-state index contributed by atoms with van der Waals surface area (Å²) in [6.45, 7) is 3.70. The molecule has 0 aliphatic rings. The molecule has 0 aliphatic heterocycles. The summed E-state index contributed by atoms with van der Waals surface area (Å²) in [6.07, 6.45) is 0. The largest absolute Gasteiger partial charge is 0.480 e. The Bertz CT molecular complexity index is 729. The highest BCUT2D eigenvalue weighted by molar-refractivity contribution is 5.95. The minimum Gasteiger partial charge on any atom is -0.480 e. The molecule has 1 heterocycles. The number of ether oxygens (including phenoxy) is 1. The third-order valence-corrected chi connectivity index (χ3v) is 3.56. The second kappa shape index (κ2) is 6.87. The topological polar surface area (TPSA) is 101 Å². The fourth-order valence-corrected chi connectivity index (χ4v) is 2.11. The number of carboxylic acid groups (broad SMARTS) is 1. The molecule has 7 heteroatoms. The summed E-state index contributed by atoms with van der Waals surface area (Å²) in [4.78, 5) is 23.8. The van der Waals surface area contributed by atoms with Gasteiger partial charge in [-0.05, 0) is 36.6 Å². The average Bonchev–Trinajstić information content (AvgIpc) is 2.55. The SMILES string of the molecule is COc1ccc(C(=O)NC(C(=O)O)c2cccc(C)c2C)nn1. The van der Waals surface area contributed by atoms with Gasteiger partial charge in [0.15, 0.2) is 11.7 Å². The third kappa shape index (κ3) is 3.63. The molecular formula is C16H17N3O4. The van der Waals surface area contributed by atoms with Gasteiger partial charge in [0.1, 0.15) is 0 Å². The number of aryl methyl sites for hydroxylation is 1. The van der Waals surface area contributed by atoms with Crippen LogP contribution in [0.3, 0.4) is 0 Å². The van der Waals surface area contributed by atoms with Crippen molar-refractivity contribution in [2.75, 3.05) is 7.11 Å². The van der Waals surface area contributed by atoms with Crippen LogP contribution in [-0.2, 0) is 4.79 Å². The van der Waals surface area contributed by atoms with E-state index in [9.17, 15) is 14.7 Å². The minimum atomic E-state index is -1.16. The lowest BCUT2D eigenvalue weighted by atomic mass is 9.97. The van der Waals surface area contributed by atoms with E-state index in [2.05, 4.69) is 15.5 Å². The Morgan fingerprint density at radius 1 is 1.17 bits per heavy atom. The Morgan fingerprint density at radius 3 is 2.48 bits per heavy atom. The molecule has 0 aliphatic carbocycles. The zero-order valence-electron chi connectivity index (χ0n) is 13.0. The van der Waals surface area contributed by atoms with E-state index in [1.54, 1.807) is 12.1 Å². The molecule has 1 aromatic carbocycles. The molecule has 1 aromatic heterocycles. The molecule has 0 spiro atoms. The van der Waals surface area contributed by atoms with Gasteiger partial charge in [0.25, 0.3) is 5.91 Å². The lowest BCUT2D eigenvalue weighted by Gasteiger charge is -2.18. The van der Waals surface area contributed by atoms with Crippen molar-refractivity contribution >= 4 is 11.9 Å². The molecule has 0 saturated heterocycles. The van der Waals surface area contributed by atoms with Gasteiger partial charge in [0.2, 0.25) is 5.88 Å². The second-order valence-corrected chi connectivity index (χ2v) is 4.99. The highest BCUT2D eigenvalue weighted by Gasteiger charge is 2.25. The van der Waals surface area contributed by atoms with Crippen LogP contribution in [0.1, 0.15) is 33.2 Å². The molecule has 0 fully saturated rings. The van der Waals surface area contributed by atoms with Crippen LogP contribution in [0.2, 0.25) is 0 Å². The Balaban J connectivity index is 2.27. The van der Waals surface area contributed by atoms with E-state index in [1.165, 1.54) is 19.2 Å². The van der Waals surface area contributed by atoms with Gasteiger partial charge in [0, 0.05) is 6.07 Å². The molecule has 2 aromatic rings. The van der Waals surface area contributed by atoms with Gasteiger partial charge in [-0.15, -0.1) is 10.2 Å². The predicted molar refractivity (Wildman–Crippen MR) is 82.3 cm³/mol. The molecule has 1 atom stereocenters. The number of aromatic nitrogens is 2. The van der Waals surface area contributed by atoms with Crippen molar-refractivity contribution in [1.82, 2.24) is 15.5 Å². The van der Waals surface area contributed by atoms with Crippen LogP contribution < -0.4 is 10.1 Å². The molecular weight excluding hydrogens is 298 g/mol. The normalized spacial score (nSPS) is 11.6. The number of aliphatic carboxylic acids is 1. The maximum atomic E-state index is 12.2. The Kier molecular flexibility index (Phi) is 4.90. The first kappa shape index (κ1) is 16.4. The second-order valence-electron chi connectivity index (χ2n) is 4.99. The molecule has 0 bridgehead atoms. The lowest BCUT2D eigenvalue weighted by molar-refractivity contribution is -0.139. The fourth-order valence-electron chi connectivity index (χ4n) is 2.11. The maximum absolute atomic E-state index is 12.2. The number of hydrogen-bond acceptors (Lipinski definition) is 5. The molecule has 2 rings (SSSR count). The Hall–Kier alpha value is -2.96. The summed E-state index contributed by atoms with van der Waals surface area (Å²) in [5, 5.41) is 19.3. The summed E-state index contributed by atoms with van der Waals surface area (Å²) in [6, 6.07) is 7.06. The molecule has 7 nitrogen and oxygen atoms in total. The summed E-state index contributed by atoms with van der Waals surface area (Å²) in [7, 11) is 1.44. The molecule has 120 valence electrons. The van der Waals surface area contributed by atoms with E-state index in [-0.39, 0.29) is 11.6 Å². The molecule has 0 saturated carbocycles. The van der Waals surface area contributed by atoms with Crippen molar-refractivity contribution in [3.63, 3.8) is 0 Å². The number of carboxylic acids is 1. The summed E-state index contributed by atoms with van der Waals surface area (Å²) in [5.74, 6) is -1.49. The third-order valence-electron chi connectivity index (χ3n) is 3.56. The highest BCUT2D eigenvalue weighted by atomic mass is 16.5. The summed E-state index contributed by atoms with van der Waals surface area (Å²) >= 11 is 0. The number of carbonyl (C=O) groups is 2. The van der Waals surface area contributed by atoms with Crippen molar-refractivity contribution in [3.05, 3.63) is 52.7 Å².